The summed E-state index contributed by atoms with van der Waals surface area (Å²) in [6.07, 6.45) is 32.2. The first-order valence-corrected chi connectivity index (χ1v) is 18.2. The topological polar surface area (TPSA) is 74.6 Å². The van der Waals surface area contributed by atoms with E-state index >= 15 is 0 Å². The minimum atomic E-state index is -0.724. The average molecular weight is 571 g/mol. The van der Waals surface area contributed by atoms with Gasteiger partial charge in [0.05, 0.1) is 11.8 Å². The molecule has 0 aliphatic rings. The summed E-state index contributed by atoms with van der Waals surface area (Å²) in [5.74, 6) is -1.07. The van der Waals surface area contributed by atoms with Gasteiger partial charge in [-0.05, 0) is 12.8 Å². The third-order valence-corrected chi connectivity index (χ3v) is 9.42. The second kappa shape index (κ2) is 30.3. The highest BCUT2D eigenvalue weighted by Crippen LogP contribution is 2.23. The molecule has 0 radical (unpaired) electrons. The smallest absolute Gasteiger partial charge is 0.307 e. The first kappa shape index (κ1) is 38.3. The van der Waals surface area contributed by atoms with Crippen molar-refractivity contribution in [3.63, 3.8) is 0 Å². The van der Waals surface area contributed by atoms with Gasteiger partial charge in [0.2, 0.25) is 0 Å². The molecule has 0 aliphatic heterocycles. The van der Waals surface area contributed by atoms with Crippen molar-refractivity contribution in [1.29, 1.82) is 0 Å². The summed E-state index contributed by atoms with van der Waals surface area (Å²) < 4.78 is 0. The van der Waals surface area contributed by atoms with E-state index in [1.807, 2.05) is 0 Å². The predicted molar refractivity (Wildman–Crippen MR) is 171 cm³/mol. The lowest BCUT2D eigenvalue weighted by Gasteiger charge is -2.15. The quantitative estimate of drug-likeness (QED) is 0.0787. The summed E-state index contributed by atoms with van der Waals surface area (Å²) in [5, 5.41) is 19.2. The van der Waals surface area contributed by atoms with Crippen LogP contribution in [0.15, 0.2) is 0 Å². The van der Waals surface area contributed by atoms with Crippen LogP contribution in [0.4, 0.5) is 0 Å². The number of rotatable bonds is 32. The molecule has 0 rings (SSSR count). The van der Waals surface area contributed by atoms with E-state index in [9.17, 15) is 19.8 Å². The number of aliphatic carboxylic acids is 2. The highest BCUT2D eigenvalue weighted by atomic mass is 32.2. The van der Waals surface area contributed by atoms with Gasteiger partial charge in [-0.1, -0.05) is 168 Å². The number of hydrogen-bond donors (Lipinski definition) is 2. The van der Waals surface area contributed by atoms with E-state index in [2.05, 4.69) is 13.8 Å². The Morgan fingerprint density at radius 2 is 0.667 bits per heavy atom. The molecule has 4 nitrogen and oxygen atoms in total. The van der Waals surface area contributed by atoms with Crippen LogP contribution in [0.3, 0.4) is 0 Å². The van der Waals surface area contributed by atoms with Gasteiger partial charge in [0, 0.05) is 11.5 Å². The first-order chi connectivity index (χ1) is 19.0. The zero-order valence-electron chi connectivity index (χ0n) is 26.1. The SMILES string of the molecule is CCCCCCCCCCCCCCC(CSCC(CCCCCCCCCCCCCC)C(=O)O)C(=O)O. The highest BCUT2D eigenvalue weighted by molar-refractivity contribution is 7.99. The lowest BCUT2D eigenvalue weighted by molar-refractivity contribution is -0.141. The van der Waals surface area contributed by atoms with E-state index in [1.54, 1.807) is 0 Å². The normalized spacial score (nSPS) is 13.0. The largest absolute Gasteiger partial charge is 0.481 e. The number of thioether (sulfide) groups is 1. The number of hydrogen-bond acceptors (Lipinski definition) is 3. The van der Waals surface area contributed by atoms with Crippen molar-refractivity contribution in [2.75, 3.05) is 11.5 Å². The summed E-state index contributed by atoms with van der Waals surface area (Å²) in [5.41, 5.74) is 0. The van der Waals surface area contributed by atoms with Crippen LogP contribution in [0.5, 0.6) is 0 Å². The van der Waals surface area contributed by atoms with E-state index in [-0.39, 0.29) is 11.8 Å². The monoisotopic (exact) mass is 570 g/mol. The molecule has 0 saturated heterocycles. The number of carboxylic acid groups (broad SMARTS) is 2. The van der Waals surface area contributed by atoms with Gasteiger partial charge in [-0.2, -0.15) is 11.8 Å². The fraction of sp³-hybridized carbons (Fsp3) is 0.941. The van der Waals surface area contributed by atoms with Crippen molar-refractivity contribution >= 4 is 23.7 Å². The minimum absolute atomic E-state index is 0.348. The maximum atomic E-state index is 11.7. The molecule has 39 heavy (non-hydrogen) atoms. The van der Waals surface area contributed by atoms with Crippen LogP contribution in [0.25, 0.3) is 0 Å². The number of carboxylic acids is 2. The van der Waals surface area contributed by atoms with Gasteiger partial charge in [-0.25, -0.2) is 0 Å². The molecule has 2 N–H and O–H groups in total. The Kier molecular flexibility index (Phi) is 29.7. The van der Waals surface area contributed by atoms with Gasteiger partial charge >= 0.3 is 11.9 Å². The maximum Gasteiger partial charge on any atom is 0.307 e. The Hall–Kier alpha value is -0.710. The minimum Gasteiger partial charge on any atom is -0.481 e. The molecular weight excluding hydrogens is 504 g/mol. The Morgan fingerprint density at radius 3 is 0.897 bits per heavy atom. The summed E-state index contributed by atoms with van der Waals surface area (Å²) in [7, 11) is 0. The fourth-order valence-corrected chi connectivity index (χ4v) is 6.70. The van der Waals surface area contributed by atoms with Crippen LogP contribution in [-0.2, 0) is 9.59 Å². The van der Waals surface area contributed by atoms with Crippen LogP contribution >= 0.6 is 11.8 Å². The van der Waals surface area contributed by atoms with Crippen LogP contribution in [-0.4, -0.2) is 33.7 Å². The zero-order valence-corrected chi connectivity index (χ0v) is 26.9. The van der Waals surface area contributed by atoms with Gasteiger partial charge < -0.3 is 10.2 Å². The van der Waals surface area contributed by atoms with E-state index in [4.69, 9.17) is 0 Å². The third-order valence-electron chi connectivity index (χ3n) is 8.15. The summed E-state index contributed by atoms with van der Waals surface area (Å²) in [6.45, 7) is 4.52. The van der Waals surface area contributed by atoms with Crippen LogP contribution in [0, 0.1) is 11.8 Å². The molecule has 0 aromatic carbocycles. The summed E-state index contributed by atoms with van der Waals surface area (Å²) in [4.78, 5) is 23.4. The highest BCUT2D eigenvalue weighted by Gasteiger charge is 2.21. The van der Waals surface area contributed by atoms with Crippen LogP contribution in [0.1, 0.15) is 181 Å². The van der Waals surface area contributed by atoms with E-state index in [0.717, 1.165) is 38.5 Å². The van der Waals surface area contributed by atoms with Crippen molar-refractivity contribution in [2.45, 2.75) is 181 Å². The summed E-state index contributed by atoms with van der Waals surface area (Å²) in [6, 6.07) is 0. The standard InChI is InChI=1S/C34H66O4S/c1-3-5-7-9-11-13-15-17-19-21-23-25-27-31(33(35)36)29-39-30-32(34(37)38)28-26-24-22-20-18-16-14-12-10-8-6-4-2/h31-32H,3-30H2,1-2H3,(H,35,36)(H,37,38). The van der Waals surface area contributed by atoms with Gasteiger partial charge in [-0.3, -0.25) is 9.59 Å². The second-order valence-electron chi connectivity index (χ2n) is 12.0. The van der Waals surface area contributed by atoms with Gasteiger partial charge in [0.15, 0.2) is 0 Å². The molecule has 0 fully saturated rings. The molecule has 0 saturated carbocycles. The van der Waals surface area contributed by atoms with Crippen LogP contribution in [0.2, 0.25) is 0 Å². The molecule has 0 spiro atoms. The number of unbranched alkanes of at least 4 members (excludes halogenated alkanes) is 22. The van der Waals surface area contributed by atoms with E-state index in [1.165, 1.54) is 140 Å². The van der Waals surface area contributed by atoms with E-state index < -0.39 is 11.9 Å². The fourth-order valence-electron chi connectivity index (χ4n) is 5.37. The Morgan fingerprint density at radius 1 is 0.436 bits per heavy atom. The molecule has 0 amide bonds. The average Bonchev–Trinajstić information content (AvgIpc) is 2.91. The lowest BCUT2D eigenvalue weighted by atomic mass is 10.0. The Bertz CT molecular complexity index is 493. The van der Waals surface area contributed by atoms with Crippen molar-refractivity contribution < 1.29 is 19.8 Å². The first-order valence-electron chi connectivity index (χ1n) is 17.1. The lowest BCUT2D eigenvalue weighted by Crippen LogP contribution is -2.20. The van der Waals surface area contributed by atoms with Gasteiger partial charge in [0.25, 0.3) is 0 Å². The van der Waals surface area contributed by atoms with Gasteiger partial charge in [0.1, 0.15) is 0 Å². The predicted octanol–water partition coefficient (Wildman–Crippen LogP) is 11.3. The van der Waals surface area contributed by atoms with Crippen molar-refractivity contribution in [2.24, 2.45) is 11.8 Å². The molecule has 0 bridgehead atoms. The maximum absolute atomic E-state index is 11.7. The van der Waals surface area contributed by atoms with Crippen LogP contribution < -0.4 is 0 Å². The van der Waals surface area contributed by atoms with Crippen molar-refractivity contribution in [3.8, 4) is 0 Å². The van der Waals surface area contributed by atoms with Crippen molar-refractivity contribution in [1.82, 2.24) is 0 Å². The Labute approximate surface area is 247 Å². The Balaban J connectivity index is 3.79. The molecule has 2 unspecified atom stereocenters. The molecule has 5 heteroatoms. The molecule has 0 heterocycles. The molecule has 0 aromatic heterocycles. The van der Waals surface area contributed by atoms with E-state index in [0.29, 0.717) is 11.5 Å². The second-order valence-corrected chi connectivity index (χ2v) is 13.0. The third kappa shape index (κ3) is 27.2. The molecule has 2 atom stereocenters. The molecule has 232 valence electrons. The molecular formula is C34H66O4S. The zero-order chi connectivity index (χ0) is 28.8. The number of carbonyl (C=O) groups is 2. The van der Waals surface area contributed by atoms with Gasteiger partial charge in [-0.15, -0.1) is 0 Å². The molecule has 0 aromatic rings. The van der Waals surface area contributed by atoms with Crippen molar-refractivity contribution in [3.05, 3.63) is 0 Å². The molecule has 0 aliphatic carbocycles. The summed E-state index contributed by atoms with van der Waals surface area (Å²) >= 11 is 1.53.